The summed E-state index contributed by atoms with van der Waals surface area (Å²) in [7, 11) is 1.93. The summed E-state index contributed by atoms with van der Waals surface area (Å²) in [6, 6.07) is 0.339. The third-order valence-corrected chi connectivity index (χ3v) is 4.53. The number of rotatable bonds is 7. The molecule has 112 valence electrons. The Morgan fingerprint density at radius 3 is 2.32 bits per heavy atom. The molecule has 0 heterocycles. The Bertz CT molecular complexity index is 259. The zero-order chi connectivity index (χ0) is 14.3. The third-order valence-electron chi connectivity index (χ3n) is 4.53. The molecule has 1 aliphatic carbocycles. The summed E-state index contributed by atoms with van der Waals surface area (Å²) in [5.41, 5.74) is 0. The largest absolute Gasteiger partial charge is 0.354 e. The molecule has 0 aliphatic heterocycles. The molecule has 2 unspecified atom stereocenters. The summed E-state index contributed by atoms with van der Waals surface area (Å²) >= 11 is 0. The van der Waals surface area contributed by atoms with Crippen LogP contribution >= 0.6 is 0 Å². The molecule has 0 radical (unpaired) electrons. The van der Waals surface area contributed by atoms with E-state index in [2.05, 4.69) is 31.4 Å². The van der Waals surface area contributed by atoms with Crippen LogP contribution in [0.4, 0.5) is 0 Å². The number of carbonyl (C=O) groups excluding carboxylic acids is 1. The van der Waals surface area contributed by atoms with E-state index < -0.39 is 0 Å². The van der Waals surface area contributed by atoms with Crippen LogP contribution in [0, 0.1) is 17.8 Å². The fourth-order valence-corrected chi connectivity index (χ4v) is 2.95. The molecule has 2 N–H and O–H groups in total. The van der Waals surface area contributed by atoms with E-state index in [-0.39, 0.29) is 11.8 Å². The van der Waals surface area contributed by atoms with E-state index in [0.717, 1.165) is 18.9 Å². The van der Waals surface area contributed by atoms with Crippen molar-refractivity contribution in [1.29, 1.82) is 0 Å². The van der Waals surface area contributed by atoms with Gasteiger partial charge in [-0.05, 0) is 32.2 Å². The lowest BCUT2D eigenvalue weighted by Crippen LogP contribution is -2.41. The minimum absolute atomic E-state index is 0.187. The number of amides is 1. The van der Waals surface area contributed by atoms with Gasteiger partial charge in [0.05, 0.1) is 0 Å². The van der Waals surface area contributed by atoms with Gasteiger partial charge in [-0.3, -0.25) is 4.79 Å². The van der Waals surface area contributed by atoms with Crippen LogP contribution in [0.25, 0.3) is 0 Å². The lowest BCUT2D eigenvalue weighted by Gasteiger charge is -2.28. The summed E-state index contributed by atoms with van der Waals surface area (Å²) in [5.74, 6) is 1.65. The van der Waals surface area contributed by atoms with Gasteiger partial charge in [-0.25, -0.2) is 0 Å². The van der Waals surface area contributed by atoms with Crippen molar-refractivity contribution in [3.8, 4) is 0 Å². The van der Waals surface area contributed by atoms with Crippen molar-refractivity contribution in [2.24, 2.45) is 17.8 Å². The predicted octanol–water partition coefficient (Wildman–Crippen LogP) is 2.95. The third kappa shape index (κ3) is 5.94. The summed E-state index contributed by atoms with van der Waals surface area (Å²) in [4.78, 5) is 12.3. The van der Waals surface area contributed by atoms with Crippen LogP contribution in [0.3, 0.4) is 0 Å². The Morgan fingerprint density at radius 1 is 1.16 bits per heavy atom. The van der Waals surface area contributed by atoms with E-state index in [1.807, 2.05) is 7.05 Å². The van der Waals surface area contributed by atoms with Gasteiger partial charge in [0.15, 0.2) is 0 Å². The molecule has 19 heavy (non-hydrogen) atoms. The average Bonchev–Trinajstić information content (AvgIpc) is 2.42. The van der Waals surface area contributed by atoms with Crippen molar-refractivity contribution >= 4 is 5.91 Å². The van der Waals surface area contributed by atoms with Gasteiger partial charge in [0.2, 0.25) is 5.91 Å². The zero-order valence-corrected chi connectivity index (χ0v) is 13.2. The second-order valence-corrected chi connectivity index (χ2v) is 6.53. The van der Waals surface area contributed by atoms with Crippen LogP contribution in [0.5, 0.6) is 0 Å². The van der Waals surface area contributed by atoms with Crippen LogP contribution in [0.1, 0.15) is 59.3 Å². The van der Waals surface area contributed by atoms with Crippen LogP contribution < -0.4 is 10.6 Å². The maximum Gasteiger partial charge on any atom is 0.223 e. The number of likely N-dealkylation sites (N-methyl/N-ethyl adjacent to an activating group) is 1. The summed E-state index contributed by atoms with van der Waals surface area (Å²) < 4.78 is 0. The van der Waals surface area contributed by atoms with Crippen molar-refractivity contribution < 1.29 is 4.79 Å². The van der Waals surface area contributed by atoms with Gasteiger partial charge in [-0.15, -0.1) is 0 Å². The fraction of sp³-hybridized carbons (Fsp3) is 0.938. The predicted molar refractivity (Wildman–Crippen MR) is 81.1 cm³/mol. The second kappa shape index (κ2) is 8.57. The van der Waals surface area contributed by atoms with Crippen molar-refractivity contribution in [2.75, 3.05) is 13.6 Å². The maximum absolute atomic E-state index is 12.3. The highest BCUT2D eigenvalue weighted by Crippen LogP contribution is 2.31. The second-order valence-electron chi connectivity index (χ2n) is 6.53. The van der Waals surface area contributed by atoms with Gasteiger partial charge in [0, 0.05) is 18.5 Å². The number of hydrogen-bond acceptors (Lipinski definition) is 2. The first-order valence-corrected chi connectivity index (χ1v) is 7.99. The molecule has 1 aliphatic rings. The molecule has 0 aromatic rings. The monoisotopic (exact) mass is 268 g/mol. The van der Waals surface area contributed by atoms with Crippen LogP contribution in [-0.2, 0) is 4.79 Å². The molecule has 0 aromatic carbocycles. The molecular formula is C16H32N2O. The lowest BCUT2D eigenvalue weighted by molar-refractivity contribution is -0.127. The van der Waals surface area contributed by atoms with Crippen LogP contribution in [0.15, 0.2) is 0 Å². The Morgan fingerprint density at radius 2 is 1.79 bits per heavy atom. The first-order chi connectivity index (χ1) is 9.04. The van der Waals surface area contributed by atoms with E-state index in [1.54, 1.807) is 0 Å². The Balaban J connectivity index is 2.43. The molecule has 1 fully saturated rings. The lowest BCUT2D eigenvalue weighted by atomic mass is 9.79. The van der Waals surface area contributed by atoms with Gasteiger partial charge in [0.25, 0.3) is 0 Å². The van der Waals surface area contributed by atoms with E-state index in [1.165, 1.54) is 32.1 Å². The SMILES string of the molecule is CNC(C)CNC(=O)C(CC1CCCCC1)C(C)C. The molecule has 0 aromatic heterocycles. The van der Waals surface area contributed by atoms with E-state index in [9.17, 15) is 4.79 Å². The van der Waals surface area contributed by atoms with Gasteiger partial charge in [-0.1, -0.05) is 46.0 Å². The van der Waals surface area contributed by atoms with Crippen molar-refractivity contribution in [3.63, 3.8) is 0 Å². The molecule has 0 saturated heterocycles. The minimum atomic E-state index is 0.187. The fourth-order valence-electron chi connectivity index (χ4n) is 2.95. The summed E-state index contributed by atoms with van der Waals surface area (Å²) in [5, 5.41) is 6.26. The first-order valence-electron chi connectivity index (χ1n) is 7.99. The van der Waals surface area contributed by atoms with E-state index >= 15 is 0 Å². The maximum atomic E-state index is 12.3. The first kappa shape index (κ1) is 16.5. The van der Waals surface area contributed by atoms with Crippen LogP contribution in [-0.4, -0.2) is 25.5 Å². The number of hydrogen-bond donors (Lipinski definition) is 2. The Labute approximate surface area is 118 Å². The zero-order valence-electron chi connectivity index (χ0n) is 13.2. The van der Waals surface area contributed by atoms with Crippen molar-refractivity contribution in [2.45, 2.75) is 65.3 Å². The molecule has 2 atom stereocenters. The Kier molecular flexibility index (Phi) is 7.44. The summed E-state index contributed by atoms with van der Waals surface area (Å²) in [6.07, 6.45) is 7.82. The van der Waals surface area contributed by atoms with Gasteiger partial charge < -0.3 is 10.6 Å². The Hall–Kier alpha value is -0.570. The number of nitrogens with one attached hydrogen (secondary N) is 2. The molecule has 1 saturated carbocycles. The molecular weight excluding hydrogens is 236 g/mol. The van der Waals surface area contributed by atoms with Gasteiger partial charge >= 0.3 is 0 Å². The highest BCUT2D eigenvalue weighted by atomic mass is 16.1. The van der Waals surface area contributed by atoms with Crippen LogP contribution in [0.2, 0.25) is 0 Å². The average molecular weight is 268 g/mol. The molecule has 1 rings (SSSR count). The normalized spacial score (nSPS) is 20.3. The molecule has 0 bridgehead atoms. The highest BCUT2D eigenvalue weighted by Gasteiger charge is 2.26. The number of carbonyl (C=O) groups is 1. The highest BCUT2D eigenvalue weighted by molar-refractivity contribution is 5.78. The van der Waals surface area contributed by atoms with E-state index in [0.29, 0.717) is 12.0 Å². The van der Waals surface area contributed by atoms with Gasteiger partial charge in [0.1, 0.15) is 0 Å². The molecule has 3 heteroatoms. The molecule has 0 spiro atoms. The summed E-state index contributed by atoms with van der Waals surface area (Å²) in [6.45, 7) is 7.16. The topological polar surface area (TPSA) is 41.1 Å². The van der Waals surface area contributed by atoms with Crippen molar-refractivity contribution in [1.82, 2.24) is 10.6 Å². The van der Waals surface area contributed by atoms with Crippen molar-refractivity contribution in [3.05, 3.63) is 0 Å². The van der Waals surface area contributed by atoms with Gasteiger partial charge in [-0.2, -0.15) is 0 Å². The smallest absolute Gasteiger partial charge is 0.223 e. The quantitative estimate of drug-likeness (QED) is 0.745. The molecule has 3 nitrogen and oxygen atoms in total. The molecule has 1 amide bonds. The van der Waals surface area contributed by atoms with E-state index in [4.69, 9.17) is 0 Å². The minimum Gasteiger partial charge on any atom is -0.354 e. The standard InChI is InChI=1S/C16H32N2O/c1-12(2)15(10-14-8-6-5-7-9-14)16(19)18-11-13(3)17-4/h12-15,17H,5-11H2,1-4H3,(H,18,19).